The van der Waals surface area contributed by atoms with Crippen LogP contribution in [0.5, 0.6) is 17.2 Å². The van der Waals surface area contributed by atoms with Gasteiger partial charge in [-0.25, -0.2) is 0 Å². The van der Waals surface area contributed by atoms with E-state index in [0.29, 0.717) is 23.9 Å². The van der Waals surface area contributed by atoms with E-state index in [1.54, 1.807) is 21.3 Å². The first-order valence-corrected chi connectivity index (χ1v) is 5.72. The molecule has 0 saturated heterocycles. The highest BCUT2D eigenvalue weighted by Crippen LogP contribution is 2.38. The fourth-order valence-electron chi connectivity index (χ4n) is 2.00. The normalized spacial score (nSPS) is 14.4. The molecule has 1 aliphatic heterocycles. The molecular formula is C13H18NO4+. The van der Waals surface area contributed by atoms with E-state index in [0.717, 1.165) is 18.0 Å². The zero-order valence-corrected chi connectivity index (χ0v) is 11.1. The highest BCUT2D eigenvalue weighted by atomic mass is 16.5. The SMILES string of the molecule is COc1cc(C2=[N+](C)CCO2)cc(OC)c1OC. The Hall–Kier alpha value is -1.91. The number of rotatable bonds is 4. The lowest BCUT2D eigenvalue weighted by Gasteiger charge is -2.12. The third kappa shape index (κ3) is 2.08. The van der Waals surface area contributed by atoms with Crippen LogP contribution in [0.15, 0.2) is 12.1 Å². The molecule has 5 heteroatoms. The van der Waals surface area contributed by atoms with Crippen molar-refractivity contribution < 1.29 is 23.5 Å². The standard InChI is InChI=1S/C13H18NO4/c1-14-5-6-18-13(14)9-7-10(15-2)12(17-4)11(8-9)16-3/h7-8H,5-6H2,1-4H3/q+1. The highest BCUT2D eigenvalue weighted by molar-refractivity contribution is 5.92. The number of benzene rings is 1. The molecule has 18 heavy (non-hydrogen) atoms. The molecule has 98 valence electrons. The third-order valence-electron chi connectivity index (χ3n) is 2.92. The predicted molar refractivity (Wildman–Crippen MR) is 67.2 cm³/mol. The zero-order chi connectivity index (χ0) is 13.1. The Bertz CT molecular complexity index is 457. The van der Waals surface area contributed by atoms with Gasteiger partial charge in [-0.3, -0.25) is 0 Å². The first-order valence-electron chi connectivity index (χ1n) is 5.72. The lowest BCUT2D eigenvalue weighted by atomic mass is 10.1. The molecule has 0 bridgehead atoms. The topological polar surface area (TPSA) is 39.9 Å². The molecule has 0 aliphatic carbocycles. The summed E-state index contributed by atoms with van der Waals surface area (Å²) in [7, 11) is 6.78. The van der Waals surface area contributed by atoms with Gasteiger partial charge in [0, 0.05) is 12.1 Å². The minimum atomic E-state index is 0.588. The first kappa shape index (κ1) is 12.5. The molecule has 0 amide bonds. The summed E-state index contributed by atoms with van der Waals surface area (Å²) in [5.74, 6) is 2.67. The summed E-state index contributed by atoms with van der Waals surface area (Å²) in [6.45, 7) is 1.58. The summed E-state index contributed by atoms with van der Waals surface area (Å²) in [4.78, 5) is 0. The van der Waals surface area contributed by atoms with Gasteiger partial charge >= 0.3 is 5.90 Å². The van der Waals surface area contributed by atoms with Gasteiger partial charge in [-0.15, -0.1) is 0 Å². The Kier molecular flexibility index (Phi) is 3.60. The third-order valence-corrected chi connectivity index (χ3v) is 2.92. The molecule has 0 spiro atoms. The number of likely N-dealkylation sites (N-methyl/N-ethyl adjacent to an activating group) is 1. The van der Waals surface area contributed by atoms with Gasteiger partial charge in [-0.2, -0.15) is 4.58 Å². The summed E-state index contributed by atoms with van der Waals surface area (Å²) < 4.78 is 23.6. The van der Waals surface area contributed by atoms with Gasteiger partial charge in [0.25, 0.3) is 0 Å². The Morgan fingerprint density at radius 2 is 1.67 bits per heavy atom. The summed E-state index contributed by atoms with van der Waals surface area (Å²) >= 11 is 0. The Labute approximate surface area is 107 Å². The number of hydrogen-bond acceptors (Lipinski definition) is 4. The van der Waals surface area contributed by atoms with Crippen LogP contribution in [0.25, 0.3) is 0 Å². The van der Waals surface area contributed by atoms with Crippen molar-refractivity contribution in [3.8, 4) is 17.2 Å². The minimum Gasteiger partial charge on any atom is -0.493 e. The lowest BCUT2D eigenvalue weighted by Crippen LogP contribution is -2.12. The molecule has 1 aliphatic rings. The predicted octanol–water partition coefficient (Wildman–Crippen LogP) is 1.13. The molecule has 0 aromatic heterocycles. The van der Waals surface area contributed by atoms with Crippen molar-refractivity contribution in [2.24, 2.45) is 0 Å². The van der Waals surface area contributed by atoms with E-state index in [-0.39, 0.29) is 0 Å². The van der Waals surface area contributed by atoms with Gasteiger partial charge in [-0.05, 0) is 0 Å². The van der Waals surface area contributed by atoms with E-state index in [9.17, 15) is 0 Å². The summed E-state index contributed by atoms with van der Waals surface area (Å²) in [6, 6.07) is 3.77. The summed E-state index contributed by atoms with van der Waals surface area (Å²) in [5.41, 5.74) is 0.921. The molecule has 2 rings (SSSR count). The van der Waals surface area contributed by atoms with E-state index >= 15 is 0 Å². The van der Waals surface area contributed by atoms with Crippen LogP contribution in [0, 0.1) is 0 Å². The van der Waals surface area contributed by atoms with Gasteiger partial charge < -0.3 is 18.9 Å². The number of ether oxygens (including phenoxy) is 4. The van der Waals surface area contributed by atoms with Crippen molar-refractivity contribution in [3.63, 3.8) is 0 Å². The van der Waals surface area contributed by atoms with Crippen LogP contribution in [-0.2, 0) is 4.74 Å². The summed E-state index contributed by atoms with van der Waals surface area (Å²) in [5, 5.41) is 0. The van der Waals surface area contributed by atoms with Crippen molar-refractivity contribution in [2.45, 2.75) is 0 Å². The molecule has 0 N–H and O–H groups in total. The molecule has 0 radical (unpaired) electrons. The summed E-state index contributed by atoms with van der Waals surface area (Å²) in [6.07, 6.45) is 0. The van der Waals surface area contributed by atoms with Crippen molar-refractivity contribution in [2.75, 3.05) is 41.5 Å². The fourth-order valence-corrected chi connectivity index (χ4v) is 2.00. The zero-order valence-electron chi connectivity index (χ0n) is 11.1. The molecule has 1 heterocycles. The van der Waals surface area contributed by atoms with Crippen molar-refractivity contribution in [1.29, 1.82) is 0 Å². The van der Waals surface area contributed by atoms with Crippen LogP contribution < -0.4 is 14.2 Å². The number of hydrogen-bond donors (Lipinski definition) is 0. The molecular weight excluding hydrogens is 234 g/mol. The smallest absolute Gasteiger partial charge is 0.370 e. The first-order chi connectivity index (χ1) is 8.71. The maximum absolute atomic E-state index is 5.61. The van der Waals surface area contributed by atoms with E-state index in [2.05, 4.69) is 4.58 Å². The number of nitrogens with zero attached hydrogens (tertiary/aromatic N) is 1. The molecule has 1 aromatic carbocycles. The Morgan fingerprint density at radius 1 is 1.06 bits per heavy atom. The van der Waals surface area contributed by atoms with Gasteiger partial charge in [0.2, 0.25) is 5.75 Å². The van der Waals surface area contributed by atoms with E-state index in [1.165, 1.54) is 0 Å². The second-order valence-electron chi connectivity index (χ2n) is 3.99. The van der Waals surface area contributed by atoms with Crippen LogP contribution in [0.1, 0.15) is 5.56 Å². The Morgan fingerprint density at radius 3 is 2.06 bits per heavy atom. The van der Waals surface area contributed by atoms with Crippen LogP contribution in [0.3, 0.4) is 0 Å². The average Bonchev–Trinajstić information content (AvgIpc) is 2.83. The molecule has 0 saturated carbocycles. The number of methoxy groups -OCH3 is 3. The second-order valence-corrected chi connectivity index (χ2v) is 3.99. The second kappa shape index (κ2) is 5.16. The van der Waals surface area contributed by atoms with Crippen LogP contribution in [0.2, 0.25) is 0 Å². The van der Waals surface area contributed by atoms with Gasteiger partial charge in [-0.1, -0.05) is 0 Å². The largest absolute Gasteiger partial charge is 0.493 e. The molecule has 1 aromatic rings. The van der Waals surface area contributed by atoms with Crippen LogP contribution in [-0.4, -0.2) is 52.0 Å². The molecule has 0 fully saturated rings. The van der Waals surface area contributed by atoms with E-state index < -0.39 is 0 Å². The van der Waals surface area contributed by atoms with Crippen LogP contribution in [0.4, 0.5) is 0 Å². The van der Waals surface area contributed by atoms with Crippen molar-refractivity contribution in [3.05, 3.63) is 17.7 Å². The Balaban J connectivity index is 2.53. The average molecular weight is 252 g/mol. The lowest BCUT2D eigenvalue weighted by molar-refractivity contribution is -0.486. The maximum Gasteiger partial charge on any atom is 0.370 e. The van der Waals surface area contributed by atoms with Gasteiger partial charge in [0.05, 0.1) is 26.9 Å². The van der Waals surface area contributed by atoms with Crippen molar-refractivity contribution >= 4 is 5.90 Å². The van der Waals surface area contributed by atoms with E-state index in [4.69, 9.17) is 18.9 Å². The molecule has 0 unspecified atom stereocenters. The van der Waals surface area contributed by atoms with Gasteiger partial charge in [0.15, 0.2) is 24.7 Å². The monoisotopic (exact) mass is 252 g/mol. The molecule has 5 nitrogen and oxygen atoms in total. The molecule has 0 atom stereocenters. The minimum absolute atomic E-state index is 0.588. The highest BCUT2D eigenvalue weighted by Gasteiger charge is 2.25. The van der Waals surface area contributed by atoms with Gasteiger partial charge in [0.1, 0.15) is 7.05 Å². The van der Waals surface area contributed by atoms with E-state index in [1.807, 2.05) is 19.2 Å². The maximum atomic E-state index is 5.61. The quantitative estimate of drug-likeness (QED) is 0.753. The van der Waals surface area contributed by atoms with Crippen LogP contribution >= 0.6 is 0 Å². The fraction of sp³-hybridized carbons (Fsp3) is 0.462. The van der Waals surface area contributed by atoms with Crippen molar-refractivity contribution in [1.82, 2.24) is 0 Å².